The number of hydrogen-bond acceptors (Lipinski definition) is 3. The van der Waals surface area contributed by atoms with Crippen LogP contribution in [0.25, 0.3) is 0 Å². The summed E-state index contributed by atoms with van der Waals surface area (Å²) in [6.45, 7) is 0. The molecule has 2 aromatic rings. The second kappa shape index (κ2) is 8.79. The zero-order chi connectivity index (χ0) is 24.9. The number of aromatic carboxylic acids is 1. The van der Waals surface area contributed by atoms with Gasteiger partial charge >= 0.3 is 12.0 Å². The predicted octanol–water partition coefficient (Wildman–Crippen LogP) is 5.68. The van der Waals surface area contributed by atoms with Crippen molar-refractivity contribution < 1.29 is 23.8 Å². The molecule has 2 atom stereocenters. The molecule has 3 fully saturated rings. The number of alkyl halides is 1. The summed E-state index contributed by atoms with van der Waals surface area (Å²) in [6.07, 6.45) is 6.43. The fourth-order valence-corrected chi connectivity index (χ4v) is 7.53. The Morgan fingerprint density at radius 3 is 2.08 bits per heavy atom. The minimum absolute atomic E-state index is 0.0401. The van der Waals surface area contributed by atoms with E-state index in [1.807, 2.05) is 12.1 Å². The van der Waals surface area contributed by atoms with Crippen LogP contribution in [0.5, 0.6) is 5.75 Å². The Labute approximate surface area is 210 Å². The number of benzene rings is 2. The second-order valence-corrected chi connectivity index (χ2v) is 11.5. The van der Waals surface area contributed by atoms with Crippen LogP contribution < -0.4 is 15.4 Å². The van der Waals surface area contributed by atoms with Gasteiger partial charge in [0.2, 0.25) is 0 Å². The van der Waals surface area contributed by atoms with Gasteiger partial charge < -0.3 is 20.5 Å². The molecule has 0 aliphatic heterocycles. The van der Waals surface area contributed by atoms with Crippen molar-refractivity contribution in [3.8, 4) is 5.75 Å². The predicted molar refractivity (Wildman–Crippen MR) is 133 cm³/mol. The summed E-state index contributed by atoms with van der Waals surface area (Å²) in [6, 6.07) is 14.7. The van der Waals surface area contributed by atoms with Crippen molar-refractivity contribution in [1.29, 1.82) is 0 Å². The molecule has 36 heavy (non-hydrogen) atoms. The van der Waals surface area contributed by atoms with E-state index in [0.717, 1.165) is 38.5 Å². The average Bonchev–Trinajstić information content (AvgIpc) is 2.98. The number of urea groups is 1. The third-order valence-corrected chi connectivity index (χ3v) is 8.82. The number of hydrogen-bond donors (Lipinski definition) is 3. The fraction of sp³-hybridized carbons (Fsp3) is 0.517. The Balaban J connectivity index is 1.05. The summed E-state index contributed by atoms with van der Waals surface area (Å²) in [4.78, 5) is 24.1. The number of rotatable bonds is 5. The lowest BCUT2D eigenvalue weighted by atomic mass is 9.61. The zero-order valence-electron chi connectivity index (χ0n) is 20.3. The molecule has 0 spiro atoms. The van der Waals surface area contributed by atoms with E-state index in [9.17, 15) is 9.59 Å². The maximum atomic E-state index is 15.9. The van der Waals surface area contributed by atoms with Crippen LogP contribution in [0.15, 0.2) is 48.5 Å². The molecule has 7 heteroatoms. The molecule has 3 saturated carbocycles. The standard InChI is InChI=1S/C29H33FN2O4/c30-28-13-19-15-29(17-28,16-20(14-28)25-4-2-1-3-24(19)25)32-27(35)31-21-7-11-23(12-8-21)36-22-9-5-18(6-10-22)26(33)34/h1-6,9-10,19-21,23H,7-8,11-17H2,(H,33,34)(H2,31,32,35). The molecule has 0 heterocycles. The number of carboxylic acids is 1. The van der Waals surface area contributed by atoms with Gasteiger partial charge in [0.1, 0.15) is 11.4 Å². The first-order chi connectivity index (χ1) is 17.3. The normalized spacial score (nSPS) is 34.4. The smallest absolute Gasteiger partial charge is 0.335 e. The molecule has 5 aliphatic carbocycles. The molecular formula is C29H33FN2O4. The molecule has 0 radical (unpaired) electrons. The summed E-state index contributed by atoms with van der Waals surface area (Å²) < 4.78 is 22.0. The largest absolute Gasteiger partial charge is 0.490 e. The molecule has 6 nitrogen and oxygen atoms in total. The van der Waals surface area contributed by atoms with Crippen LogP contribution in [-0.2, 0) is 0 Å². The zero-order valence-corrected chi connectivity index (χ0v) is 20.3. The molecule has 0 aromatic heterocycles. The highest BCUT2D eigenvalue weighted by atomic mass is 19.1. The first-order valence-corrected chi connectivity index (χ1v) is 13.2. The SMILES string of the molecule is O=C(NC1CCC(Oc2ccc(C(=O)O)cc2)CC1)NC12CC3CC(F)(CC(C1)c1ccccc13)C2. The van der Waals surface area contributed by atoms with Gasteiger partial charge in [-0.05, 0) is 98.6 Å². The number of ether oxygens (including phenoxy) is 1. The monoisotopic (exact) mass is 492 g/mol. The molecule has 190 valence electrons. The minimum Gasteiger partial charge on any atom is -0.490 e. The van der Waals surface area contributed by atoms with Crippen LogP contribution in [0.4, 0.5) is 9.18 Å². The quantitative estimate of drug-likeness (QED) is 0.501. The van der Waals surface area contributed by atoms with Crippen LogP contribution in [0.2, 0.25) is 0 Å². The summed E-state index contributed by atoms with van der Waals surface area (Å²) in [7, 11) is 0. The third-order valence-electron chi connectivity index (χ3n) is 8.82. The summed E-state index contributed by atoms with van der Waals surface area (Å²) in [5.41, 5.74) is 1.09. The number of carboxylic acid groups (broad SMARTS) is 1. The van der Waals surface area contributed by atoms with E-state index in [-0.39, 0.29) is 35.6 Å². The number of carbonyl (C=O) groups is 2. The van der Waals surface area contributed by atoms with Crippen molar-refractivity contribution in [3.63, 3.8) is 0 Å². The van der Waals surface area contributed by atoms with Crippen LogP contribution in [0.1, 0.15) is 91.1 Å². The Morgan fingerprint density at radius 1 is 0.889 bits per heavy atom. The number of amides is 2. The lowest BCUT2D eigenvalue weighted by Gasteiger charge is -2.51. The Morgan fingerprint density at radius 2 is 1.50 bits per heavy atom. The van der Waals surface area contributed by atoms with Crippen molar-refractivity contribution in [1.82, 2.24) is 10.6 Å². The van der Waals surface area contributed by atoms with Gasteiger partial charge in [0, 0.05) is 18.0 Å². The lowest BCUT2D eigenvalue weighted by molar-refractivity contribution is -0.00801. The average molecular weight is 493 g/mol. The molecule has 2 aromatic carbocycles. The maximum absolute atomic E-state index is 15.9. The van der Waals surface area contributed by atoms with Crippen molar-refractivity contribution in [2.45, 2.75) is 93.0 Å². The molecular weight excluding hydrogens is 459 g/mol. The fourth-order valence-electron chi connectivity index (χ4n) is 7.53. The van der Waals surface area contributed by atoms with E-state index in [0.29, 0.717) is 25.0 Å². The van der Waals surface area contributed by atoms with Gasteiger partial charge in [-0.25, -0.2) is 14.0 Å². The Hall–Kier alpha value is -3.09. The van der Waals surface area contributed by atoms with E-state index in [1.54, 1.807) is 24.3 Å². The summed E-state index contributed by atoms with van der Waals surface area (Å²) >= 11 is 0. The molecule has 2 unspecified atom stereocenters. The van der Waals surface area contributed by atoms with Gasteiger partial charge in [-0.2, -0.15) is 0 Å². The minimum atomic E-state index is -1.21. The van der Waals surface area contributed by atoms with Crippen LogP contribution in [0.3, 0.4) is 0 Å². The molecule has 2 amide bonds. The van der Waals surface area contributed by atoms with Crippen molar-refractivity contribution >= 4 is 12.0 Å². The summed E-state index contributed by atoms with van der Waals surface area (Å²) in [5.74, 6) is 0.0183. The molecule has 4 bridgehead atoms. The van der Waals surface area contributed by atoms with Gasteiger partial charge in [0.15, 0.2) is 0 Å². The number of halogens is 1. The van der Waals surface area contributed by atoms with Crippen LogP contribution >= 0.6 is 0 Å². The van der Waals surface area contributed by atoms with Crippen molar-refractivity contribution in [2.75, 3.05) is 0 Å². The lowest BCUT2D eigenvalue weighted by Crippen LogP contribution is -2.61. The first-order valence-electron chi connectivity index (χ1n) is 13.2. The Kier molecular flexibility index (Phi) is 5.69. The van der Waals surface area contributed by atoms with E-state index < -0.39 is 17.2 Å². The summed E-state index contributed by atoms with van der Waals surface area (Å²) in [5, 5.41) is 15.5. The van der Waals surface area contributed by atoms with Gasteiger partial charge in [0.05, 0.1) is 11.7 Å². The molecule has 0 saturated heterocycles. The highest BCUT2D eigenvalue weighted by molar-refractivity contribution is 5.87. The van der Waals surface area contributed by atoms with Crippen molar-refractivity contribution in [2.24, 2.45) is 0 Å². The topological polar surface area (TPSA) is 87.7 Å². The number of nitrogens with one attached hydrogen (secondary N) is 2. The highest BCUT2D eigenvalue weighted by Crippen LogP contribution is 2.60. The van der Waals surface area contributed by atoms with Gasteiger partial charge in [-0.3, -0.25) is 0 Å². The van der Waals surface area contributed by atoms with E-state index in [1.165, 1.54) is 11.1 Å². The number of carbonyl (C=O) groups excluding carboxylic acids is 1. The molecule has 7 rings (SSSR count). The first kappa shape index (κ1) is 23.3. The van der Waals surface area contributed by atoms with Crippen LogP contribution in [-0.4, -0.2) is 40.5 Å². The maximum Gasteiger partial charge on any atom is 0.335 e. The van der Waals surface area contributed by atoms with Gasteiger partial charge in [-0.1, -0.05) is 24.3 Å². The second-order valence-electron chi connectivity index (χ2n) is 11.5. The van der Waals surface area contributed by atoms with Crippen LogP contribution in [0, 0.1) is 0 Å². The Bertz CT molecular complexity index is 1120. The third kappa shape index (κ3) is 4.44. The van der Waals surface area contributed by atoms with E-state index in [2.05, 4.69) is 22.8 Å². The van der Waals surface area contributed by atoms with E-state index in [4.69, 9.17) is 9.84 Å². The van der Waals surface area contributed by atoms with E-state index >= 15 is 4.39 Å². The molecule has 5 aliphatic rings. The van der Waals surface area contributed by atoms with Gasteiger partial charge in [-0.15, -0.1) is 0 Å². The van der Waals surface area contributed by atoms with Crippen molar-refractivity contribution in [3.05, 3.63) is 65.2 Å². The highest BCUT2D eigenvalue weighted by Gasteiger charge is 2.58. The van der Waals surface area contributed by atoms with Gasteiger partial charge in [0.25, 0.3) is 0 Å². The molecule has 3 N–H and O–H groups in total.